The van der Waals surface area contributed by atoms with E-state index in [2.05, 4.69) is 13.8 Å². The van der Waals surface area contributed by atoms with Crippen LogP contribution in [0, 0.1) is 0 Å². The van der Waals surface area contributed by atoms with Crippen LogP contribution in [0.2, 0.25) is 0 Å². The van der Waals surface area contributed by atoms with Crippen LogP contribution in [-0.4, -0.2) is 35.9 Å². The van der Waals surface area contributed by atoms with Crippen LogP contribution in [0.1, 0.15) is 33.1 Å². The summed E-state index contributed by atoms with van der Waals surface area (Å²) in [7, 11) is 1.90. The van der Waals surface area contributed by atoms with Crippen molar-refractivity contribution in [1.29, 1.82) is 0 Å². The van der Waals surface area contributed by atoms with Gasteiger partial charge >= 0.3 is 0 Å². The van der Waals surface area contributed by atoms with Crippen molar-refractivity contribution in [3.63, 3.8) is 0 Å². The van der Waals surface area contributed by atoms with Crippen molar-refractivity contribution in [2.75, 3.05) is 25.1 Å². The SMILES string of the molecule is CCCCN(C)C(=O)CCSCC. The maximum absolute atomic E-state index is 11.4. The predicted octanol–water partition coefficient (Wildman–Crippen LogP) is 2.39. The van der Waals surface area contributed by atoms with Gasteiger partial charge in [0.05, 0.1) is 0 Å². The molecule has 78 valence electrons. The first-order chi connectivity index (χ1) is 6.22. The molecule has 0 aromatic rings. The van der Waals surface area contributed by atoms with Gasteiger partial charge in [0, 0.05) is 25.8 Å². The molecule has 3 heteroatoms. The van der Waals surface area contributed by atoms with Crippen molar-refractivity contribution >= 4 is 17.7 Å². The van der Waals surface area contributed by atoms with Gasteiger partial charge in [-0.15, -0.1) is 0 Å². The molecule has 2 nitrogen and oxygen atoms in total. The minimum Gasteiger partial charge on any atom is -0.346 e. The number of hydrogen-bond donors (Lipinski definition) is 0. The number of rotatable bonds is 7. The lowest BCUT2D eigenvalue weighted by Gasteiger charge is -2.16. The normalized spacial score (nSPS) is 10.1. The predicted molar refractivity (Wildman–Crippen MR) is 60.2 cm³/mol. The molecule has 0 radical (unpaired) electrons. The molecule has 0 spiro atoms. The molecule has 0 bridgehead atoms. The Labute approximate surface area is 86.1 Å². The van der Waals surface area contributed by atoms with Crippen LogP contribution in [0.15, 0.2) is 0 Å². The number of thioether (sulfide) groups is 1. The summed E-state index contributed by atoms with van der Waals surface area (Å²) in [4.78, 5) is 13.3. The standard InChI is InChI=1S/C10H21NOS/c1-4-6-8-11(3)10(12)7-9-13-5-2/h4-9H2,1-3H3. The highest BCUT2D eigenvalue weighted by molar-refractivity contribution is 7.99. The van der Waals surface area contributed by atoms with Crippen LogP contribution in [0.25, 0.3) is 0 Å². The molecule has 0 aliphatic rings. The minimum absolute atomic E-state index is 0.286. The second kappa shape index (κ2) is 8.42. The fourth-order valence-electron chi connectivity index (χ4n) is 1.01. The van der Waals surface area contributed by atoms with E-state index < -0.39 is 0 Å². The number of amides is 1. The molecule has 0 aliphatic carbocycles. The monoisotopic (exact) mass is 203 g/mol. The summed E-state index contributed by atoms with van der Waals surface area (Å²) >= 11 is 1.83. The van der Waals surface area contributed by atoms with Gasteiger partial charge in [-0.3, -0.25) is 4.79 Å². The van der Waals surface area contributed by atoms with Gasteiger partial charge in [-0.05, 0) is 12.2 Å². The van der Waals surface area contributed by atoms with E-state index >= 15 is 0 Å². The summed E-state index contributed by atoms with van der Waals surface area (Å²) in [6, 6.07) is 0. The number of nitrogens with zero attached hydrogens (tertiary/aromatic N) is 1. The Morgan fingerprint density at radius 3 is 2.62 bits per heavy atom. The highest BCUT2D eigenvalue weighted by Crippen LogP contribution is 2.03. The van der Waals surface area contributed by atoms with E-state index in [1.165, 1.54) is 0 Å². The van der Waals surface area contributed by atoms with Gasteiger partial charge in [0.25, 0.3) is 0 Å². The van der Waals surface area contributed by atoms with E-state index in [0.717, 1.165) is 30.9 Å². The van der Waals surface area contributed by atoms with Gasteiger partial charge in [-0.25, -0.2) is 0 Å². The van der Waals surface area contributed by atoms with E-state index in [1.54, 1.807) is 0 Å². The van der Waals surface area contributed by atoms with Crippen LogP contribution < -0.4 is 0 Å². The number of hydrogen-bond acceptors (Lipinski definition) is 2. The molecule has 1 amide bonds. The topological polar surface area (TPSA) is 20.3 Å². The van der Waals surface area contributed by atoms with Crippen molar-refractivity contribution in [2.45, 2.75) is 33.1 Å². The van der Waals surface area contributed by atoms with E-state index in [0.29, 0.717) is 6.42 Å². The Balaban J connectivity index is 3.45. The maximum Gasteiger partial charge on any atom is 0.223 e. The van der Waals surface area contributed by atoms with Crippen LogP contribution in [0.4, 0.5) is 0 Å². The van der Waals surface area contributed by atoms with Gasteiger partial charge in [-0.2, -0.15) is 11.8 Å². The quantitative estimate of drug-likeness (QED) is 0.592. The second-order valence-electron chi connectivity index (χ2n) is 3.12. The van der Waals surface area contributed by atoms with Crippen molar-refractivity contribution in [2.24, 2.45) is 0 Å². The zero-order chi connectivity index (χ0) is 10.1. The summed E-state index contributed by atoms with van der Waals surface area (Å²) in [5, 5.41) is 0. The first-order valence-corrected chi connectivity index (χ1v) is 6.19. The van der Waals surface area contributed by atoms with Crippen molar-refractivity contribution in [3.05, 3.63) is 0 Å². The fraction of sp³-hybridized carbons (Fsp3) is 0.900. The van der Waals surface area contributed by atoms with Gasteiger partial charge < -0.3 is 4.90 Å². The maximum atomic E-state index is 11.4. The largest absolute Gasteiger partial charge is 0.346 e. The van der Waals surface area contributed by atoms with Crippen LogP contribution in [0.3, 0.4) is 0 Å². The molecule has 0 rings (SSSR count). The van der Waals surface area contributed by atoms with Crippen molar-refractivity contribution < 1.29 is 4.79 Å². The smallest absolute Gasteiger partial charge is 0.223 e. The lowest BCUT2D eigenvalue weighted by atomic mass is 10.3. The molecule has 13 heavy (non-hydrogen) atoms. The number of carbonyl (C=O) groups is 1. The third-order valence-corrected chi connectivity index (χ3v) is 2.84. The Kier molecular flexibility index (Phi) is 8.30. The Hall–Kier alpha value is -0.180. The Bertz CT molecular complexity index is 139. The molecule has 0 fully saturated rings. The summed E-state index contributed by atoms with van der Waals surface area (Å²) in [6.07, 6.45) is 2.96. The van der Waals surface area contributed by atoms with Crippen LogP contribution >= 0.6 is 11.8 Å². The van der Waals surface area contributed by atoms with Gasteiger partial charge in [0.2, 0.25) is 5.91 Å². The summed E-state index contributed by atoms with van der Waals surface area (Å²) in [5.41, 5.74) is 0. The zero-order valence-electron chi connectivity index (χ0n) is 9.01. The lowest BCUT2D eigenvalue weighted by molar-refractivity contribution is -0.129. The number of unbranched alkanes of at least 4 members (excludes halogenated alkanes) is 1. The Morgan fingerprint density at radius 1 is 1.38 bits per heavy atom. The molecule has 0 N–H and O–H groups in total. The molecular weight excluding hydrogens is 182 g/mol. The second-order valence-corrected chi connectivity index (χ2v) is 4.51. The molecule has 0 aromatic heterocycles. The van der Waals surface area contributed by atoms with Gasteiger partial charge in [-0.1, -0.05) is 20.3 Å². The van der Waals surface area contributed by atoms with Crippen LogP contribution in [0.5, 0.6) is 0 Å². The Morgan fingerprint density at radius 2 is 2.08 bits per heavy atom. The number of carbonyl (C=O) groups excluding carboxylic acids is 1. The zero-order valence-corrected chi connectivity index (χ0v) is 9.82. The molecule has 0 atom stereocenters. The van der Waals surface area contributed by atoms with E-state index in [-0.39, 0.29) is 5.91 Å². The molecule has 0 heterocycles. The molecule has 0 unspecified atom stereocenters. The minimum atomic E-state index is 0.286. The third kappa shape index (κ3) is 6.94. The average Bonchev–Trinajstić information content (AvgIpc) is 2.14. The van der Waals surface area contributed by atoms with E-state index in [1.807, 2.05) is 23.7 Å². The van der Waals surface area contributed by atoms with Crippen molar-refractivity contribution in [1.82, 2.24) is 4.90 Å². The average molecular weight is 203 g/mol. The first-order valence-electron chi connectivity index (χ1n) is 5.04. The highest BCUT2D eigenvalue weighted by Gasteiger charge is 2.06. The van der Waals surface area contributed by atoms with E-state index in [9.17, 15) is 4.79 Å². The molecule has 0 saturated carbocycles. The summed E-state index contributed by atoms with van der Waals surface area (Å²) < 4.78 is 0. The van der Waals surface area contributed by atoms with Gasteiger partial charge in [0.1, 0.15) is 0 Å². The van der Waals surface area contributed by atoms with E-state index in [4.69, 9.17) is 0 Å². The summed E-state index contributed by atoms with van der Waals surface area (Å²) in [6.45, 7) is 5.17. The fourth-order valence-corrected chi connectivity index (χ4v) is 1.62. The lowest BCUT2D eigenvalue weighted by Crippen LogP contribution is -2.27. The molecule has 0 saturated heterocycles. The van der Waals surface area contributed by atoms with Crippen molar-refractivity contribution in [3.8, 4) is 0 Å². The molecular formula is C10H21NOS. The third-order valence-electron chi connectivity index (χ3n) is 1.94. The first kappa shape index (κ1) is 12.8. The molecule has 0 aliphatic heterocycles. The highest BCUT2D eigenvalue weighted by atomic mass is 32.2. The molecule has 0 aromatic carbocycles. The van der Waals surface area contributed by atoms with Crippen LogP contribution in [-0.2, 0) is 4.79 Å². The summed E-state index contributed by atoms with van der Waals surface area (Å²) in [5.74, 6) is 2.35. The van der Waals surface area contributed by atoms with Gasteiger partial charge in [0.15, 0.2) is 0 Å².